The van der Waals surface area contributed by atoms with E-state index in [0.29, 0.717) is 0 Å². The molecule has 7 heteroatoms. The van der Waals surface area contributed by atoms with E-state index in [1.807, 2.05) is 47.1 Å². The lowest BCUT2D eigenvalue weighted by Gasteiger charge is -2.32. The number of hydrogen-bond donors (Lipinski definition) is 1. The fourth-order valence-electron chi connectivity index (χ4n) is 3.39. The molecule has 4 rings (SSSR count). The zero-order valence-corrected chi connectivity index (χ0v) is 15.3. The third-order valence-corrected chi connectivity index (χ3v) is 4.95. The molecule has 0 aliphatic carbocycles. The van der Waals surface area contributed by atoms with E-state index in [2.05, 4.69) is 15.4 Å². The molecule has 0 saturated heterocycles. The highest BCUT2D eigenvalue weighted by molar-refractivity contribution is 6.30. The van der Waals surface area contributed by atoms with Crippen molar-refractivity contribution in [2.75, 3.05) is 19.5 Å². The minimum atomic E-state index is -0.00437. The van der Waals surface area contributed by atoms with Crippen LogP contribution in [0.3, 0.4) is 0 Å². The topological polar surface area (TPSA) is 61.2 Å². The molecule has 2 unspecified atom stereocenters. The molecule has 1 aromatic heterocycles. The zero-order valence-electron chi connectivity index (χ0n) is 14.5. The first kappa shape index (κ1) is 16.7. The Morgan fingerprint density at radius 2 is 1.92 bits per heavy atom. The summed E-state index contributed by atoms with van der Waals surface area (Å²) < 4.78 is 12.8. The van der Waals surface area contributed by atoms with Crippen molar-refractivity contribution in [3.8, 4) is 11.5 Å². The normalized spacial score (nSPS) is 18.7. The highest BCUT2D eigenvalue weighted by atomic mass is 35.5. The van der Waals surface area contributed by atoms with Gasteiger partial charge in [0.1, 0.15) is 17.8 Å². The molecule has 0 radical (unpaired) electrons. The Morgan fingerprint density at radius 3 is 2.65 bits per heavy atom. The van der Waals surface area contributed by atoms with Crippen LogP contribution in [0.25, 0.3) is 0 Å². The van der Waals surface area contributed by atoms with E-state index in [9.17, 15) is 0 Å². The summed E-state index contributed by atoms with van der Waals surface area (Å²) in [5.74, 6) is 2.26. The van der Waals surface area contributed by atoms with Crippen molar-refractivity contribution in [2.24, 2.45) is 0 Å². The van der Waals surface area contributed by atoms with Crippen molar-refractivity contribution in [1.29, 1.82) is 0 Å². The number of aromatic nitrogens is 3. The number of fused-ring (bicyclic) bond motifs is 1. The van der Waals surface area contributed by atoms with E-state index in [1.54, 1.807) is 20.5 Å². The predicted octanol–water partition coefficient (Wildman–Crippen LogP) is 4.10. The predicted molar refractivity (Wildman–Crippen MR) is 100 cm³/mol. The van der Waals surface area contributed by atoms with Crippen molar-refractivity contribution in [1.82, 2.24) is 14.8 Å². The summed E-state index contributed by atoms with van der Waals surface area (Å²) in [6, 6.07) is 13.8. The van der Waals surface area contributed by atoms with Crippen molar-refractivity contribution in [2.45, 2.75) is 18.5 Å². The highest BCUT2D eigenvalue weighted by Crippen LogP contribution is 2.41. The third kappa shape index (κ3) is 2.97. The van der Waals surface area contributed by atoms with Crippen LogP contribution in [0.4, 0.5) is 5.95 Å². The van der Waals surface area contributed by atoms with E-state index < -0.39 is 0 Å². The Balaban J connectivity index is 1.75. The number of nitrogens with one attached hydrogen (secondary N) is 1. The van der Waals surface area contributed by atoms with Gasteiger partial charge in [0, 0.05) is 16.7 Å². The molecule has 0 spiro atoms. The lowest BCUT2D eigenvalue weighted by Crippen LogP contribution is -2.28. The number of anilines is 1. The van der Waals surface area contributed by atoms with Gasteiger partial charge in [-0.25, -0.2) is 4.68 Å². The van der Waals surface area contributed by atoms with Gasteiger partial charge in [0.25, 0.3) is 0 Å². The molecule has 2 aromatic carbocycles. The van der Waals surface area contributed by atoms with Gasteiger partial charge in [-0.3, -0.25) is 0 Å². The Hall–Kier alpha value is -2.73. The van der Waals surface area contributed by atoms with Gasteiger partial charge < -0.3 is 14.8 Å². The van der Waals surface area contributed by atoms with Gasteiger partial charge in [0.15, 0.2) is 0 Å². The van der Waals surface area contributed by atoms with Crippen LogP contribution in [-0.4, -0.2) is 29.0 Å². The van der Waals surface area contributed by atoms with Gasteiger partial charge in [0.2, 0.25) is 5.95 Å². The summed E-state index contributed by atoms with van der Waals surface area (Å²) in [6.07, 6.45) is 2.37. The minimum absolute atomic E-state index is 0.00437. The second-order valence-electron chi connectivity index (χ2n) is 6.14. The molecule has 134 valence electrons. The van der Waals surface area contributed by atoms with Crippen LogP contribution in [0, 0.1) is 0 Å². The third-order valence-electron chi connectivity index (χ3n) is 4.70. The molecule has 2 atom stereocenters. The SMILES string of the molecule is COc1ccc(C2CC(c3ccc(Cl)cc3)Nc3ncnn32)c(OC)c1. The molecule has 6 nitrogen and oxygen atoms in total. The van der Waals surface area contributed by atoms with Crippen LogP contribution in [0.15, 0.2) is 48.8 Å². The molecular weight excluding hydrogens is 352 g/mol. The molecule has 26 heavy (non-hydrogen) atoms. The molecule has 0 saturated carbocycles. The first-order valence-electron chi connectivity index (χ1n) is 8.33. The summed E-state index contributed by atoms with van der Waals surface area (Å²) in [7, 11) is 3.31. The van der Waals surface area contributed by atoms with Crippen LogP contribution < -0.4 is 14.8 Å². The van der Waals surface area contributed by atoms with Crippen LogP contribution in [0.2, 0.25) is 5.02 Å². The van der Waals surface area contributed by atoms with E-state index >= 15 is 0 Å². The van der Waals surface area contributed by atoms with Gasteiger partial charge in [-0.1, -0.05) is 23.7 Å². The number of rotatable bonds is 4. The van der Waals surface area contributed by atoms with Gasteiger partial charge >= 0.3 is 0 Å². The number of methoxy groups -OCH3 is 2. The van der Waals surface area contributed by atoms with Crippen molar-refractivity contribution in [3.05, 3.63) is 64.9 Å². The average Bonchev–Trinajstić information content (AvgIpc) is 3.16. The van der Waals surface area contributed by atoms with Gasteiger partial charge in [0.05, 0.1) is 26.3 Å². The Kier molecular flexibility index (Phi) is 4.42. The number of nitrogens with zero attached hydrogens (tertiary/aromatic N) is 3. The monoisotopic (exact) mass is 370 g/mol. The molecule has 0 bridgehead atoms. The molecule has 1 N–H and O–H groups in total. The standard InChI is InChI=1S/C19H19ClN4O2/c1-25-14-7-8-15(18(9-14)26-2)17-10-16(12-3-5-13(20)6-4-12)23-19-21-11-22-24(17)19/h3-9,11,16-17H,10H2,1-2H3,(H,21,22,23). The summed E-state index contributed by atoms with van der Waals surface area (Å²) >= 11 is 6.03. The number of halogens is 1. The fraction of sp³-hybridized carbons (Fsp3) is 0.263. The van der Waals surface area contributed by atoms with Crippen molar-refractivity contribution < 1.29 is 9.47 Å². The average molecular weight is 371 g/mol. The van der Waals surface area contributed by atoms with Gasteiger partial charge in [-0.05, 0) is 36.2 Å². The number of ether oxygens (including phenoxy) is 2. The Bertz CT molecular complexity index is 910. The lowest BCUT2D eigenvalue weighted by molar-refractivity contribution is 0.371. The molecule has 1 aliphatic rings. The molecular formula is C19H19ClN4O2. The van der Waals surface area contributed by atoms with Crippen LogP contribution >= 0.6 is 11.6 Å². The first-order valence-corrected chi connectivity index (χ1v) is 8.71. The largest absolute Gasteiger partial charge is 0.497 e. The maximum atomic E-state index is 6.03. The summed E-state index contributed by atoms with van der Waals surface area (Å²) in [5.41, 5.74) is 2.20. The molecule has 3 aromatic rings. The number of hydrogen-bond acceptors (Lipinski definition) is 5. The van der Waals surface area contributed by atoms with Crippen LogP contribution in [0.5, 0.6) is 11.5 Å². The highest BCUT2D eigenvalue weighted by Gasteiger charge is 2.31. The summed E-state index contributed by atoms with van der Waals surface area (Å²) in [4.78, 5) is 4.36. The fourth-order valence-corrected chi connectivity index (χ4v) is 3.51. The van der Waals surface area contributed by atoms with E-state index in [-0.39, 0.29) is 12.1 Å². The number of benzene rings is 2. The quantitative estimate of drug-likeness (QED) is 0.749. The smallest absolute Gasteiger partial charge is 0.222 e. The lowest BCUT2D eigenvalue weighted by atomic mass is 9.93. The molecule has 0 amide bonds. The van der Waals surface area contributed by atoms with E-state index in [4.69, 9.17) is 21.1 Å². The maximum Gasteiger partial charge on any atom is 0.222 e. The Morgan fingerprint density at radius 1 is 1.12 bits per heavy atom. The second-order valence-corrected chi connectivity index (χ2v) is 6.57. The summed E-state index contributed by atoms with van der Waals surface area (Å²) in [5, 5.41) is 8.59. The molecule has 1 aliphatic heterocycles. The Labute approximate surface area is 156 Å². The maximum absolute atomic E-state index is 6.03. The van der Waals surface area contributed by atoms with Gasteiger partial charge in [-0.2, -0.15) is 10.1 Å². The van der Waals surface area contributed by atoms with Crippen molar-refractivity contribution in [3.63, 3.8) is 0 Å². The minimum Gasteiger partial charge on any atom is -0.497 e. The van der Waals surface area contributed by atoms with Crippen LogP contribution in [-0.2, 0) is 0 Å². The van der Waals surface area contributed by atoms with Crippen LogP contribution in [0.1, 0.15) is 29.6 Å². The van der Waals surface area contributed by atoms with E-state index in [1.165, 1.54) is 0 Å². The first-order chi connectivity index (χ1) is 12.7. The van der Waals surface area contributed by atoms with Gasteiger partial charge in [-0.15, -0.1) is 0 Å². The molecule has 2 heterocycles. The molecule has 0 fully saturated rings. The second kappa shape index (κ2) is 6.88. The van der Waals surface area contributed by atoms with E-state index in [0.717, 1.165) is 40.0 Å². The zero-order chi connectivity index (χ0) is 18.1. The van der Waals surface area contributed by atoms with Crippen molar-refractivity contribution >= 4 is 17.5 Å². The summed E-state index contributed by atoms with van der Waals surface area (Å²) in [6.45, 7) is 0.